The van der Waals surface area contributed by atoms with Gasteiger partial charge in [0.05, 0.1) is 28.4 Å². The van der Waals surface area contributed by atoms with Crippen molar-refractivity contribution in [3.63, 3.8) is 0 Å². The van der Waals surface area contributed by atoms with Crippen LogP contribution in [0, 0.1) is 0 Å². The number of rotatable bonds is 5. The first kappa shape index (κ1) is 16.1. The fourth-order valence-electron chi connectivity index (χ4n) is 2.95. The zero-order valence-corrected chi connectivity index (χ0v) is 15.1. The van der Waals surface area contributed by atoms with E-state index < -0.39 is 6.10 Å². The number of aliphatic hydroxyl groups excluding tert-OH is 1. The van der Waals surface area contributed by atoms with E-state index in [1.807, 2.05) is 59.2 Å². The minimum absolute atomic E-state index is 0.212. The summed E-state index contributed by atoms with van der Waals surface area (Å²) >= 11 is 3.60. The van der Waals surface area contributed by atoms with Crippen LogP contribution < -0.4 is 4.74 Å². The molecule has 25 heavy (non-hydrogen) atoms. The Morgan fingerprint density at radius 1 is 1.04 bits per heavy atom. The van der Waals surface area contributed by atoms with E-state index in [1.165, 1.54) is 0 Å². The van der Waals surface area contributed by atoms with Crippen LogP contribution in [0.3, 0.4) is 0 Å². The van der Waals surface area contributed by atoms with Crippen molar-refractivity contribution in [2.75, 3.05) is 6.61 Å². The second-order valence-corrected chi connectivity index (χ2v) is 6.74. The van der Waals surface area contributed by atoms with Crippen LogP contribution in [0.4, 0.5) is 0 Å². The summed E-state index contributed by atoms with van der Waals surface area (Å²) in [5, 5.41) is 12.6. The van der Waals surface area contributed by atoms with E-state index >= 15 is 0 Å². The maximum Gasteiger partial charge on any atom is 0.134 e. The van der Waals surface area contributed by atoms with Crippen LogP contribution in [0.5, 0.6) is 5.75 Å². The molecule has 1 heterocycles. The number of nitrogens with zero attached hydrogens (tertiary/aromatic N) is 2. The van der Waals surface area contributed by atoms with E-state index in [4.69, 9.17) is 4.74 Å². The van der Waals surface area contributed by atoms with Crippen molar-refractivity contribution in [3.8, 4) is 5.75 Å². The third-order valence-electron chi connectivity index (χ3n) is 4.19. The molecule has 126 valence electrons. The maximum atomic E-state index is 10.4. The van der Waals surface area contributed by atoms with E-state index in [2.05, 4.69) is 27.0 Å². The molecule has 0 saturated carbocycles. The summed E-state index contributed by atoms with van der Waals surface area (Å²) in [6.07, 6.45) is 1.12. The number of ether oxygens (including phenoxy) is 1. The van der Waals surface area contributed by atoms with E-state index in [0.717, 1.165) is 32.0 Å². The number of halogens is 1. The number of fused-ring (bicyclic) bond motifs is 2. The highest BCUT2D eigenvalue weighted by atomic mass is 79.9. The topological polar surface area (TPSA) is 47.3 Å². The fraction of sp³-hybridized carbons (Fsp3) is 0.150. The molecule has 0 radical (unpaired) electrons. The Morgan fingerprint density at radius 2 is 1.84 bits per heavy atom. The smallest absolute Gasteiger partial charge is 0.134 e. The van der Waals surface area contributed by atoms with Crippen LogP contribution in [-0.2, 0) is 6.54 Å². The SMILES string of the molecule is O[C@@H](COc1ccc2ccccc2c1Br)Cn1cnc2ccccc21. The van der Waals surface area contributed by atoms with Gasteiger partial charge in [0.1, 0.15) is 18.5 Å². The summed E-state index contributed by atoms with van der Waals surface area (Å²) in [5.74, 6) is 0.730. The van der Waals surface area contributed by atoms with Crippen molar-refractivity contribution in [2.45, 2.75) is 12.6 Å². The summed E-state index contributed by atoms with van der Waals surface area (Å²) in [4.78, 5) is 4.34. The Kier molecular flexibility index (Phi) is 4.42. The first-order chi connectivity index (χ1) is 12.2. The molecule has 3 aromatic carbocycles. The molecule has 1 aromatic heterocycles. The molecule has 0 aliphatic rings. The molecule has 0 saturated heterocycles. The summed E-state index contributed by atoms with van der Waals surface area (Å²) in [5.41, 5.74) is 1.93. The Hall–Kier alpha value is -2.37. The molecule has 1 atom stereocenters. The number of aromatic nitrogens is 2. The van der Waals surface area contributed by atoms with Crippen molar-refractivity contribution in [3.05, 3.63) is 71.5 Å². The third kappa shape index (κ3) is 3.25. The molecule has 0 amide bonds. The van der Waals surface area contributed by atoms with E-state index in [0.29, 0.717) is 6.54 Å². The fourth-order valence-corrected chi connectivity index (χ4v) is 3.55. The van der Waals surface area contributed by atoms with Gasteiger partial charge in [-0.1, -0.05) is 42.5 Å². The molecule has 0 aliphatic carbocycles. The molecule has 4 aromatic rings. The third-order valence-corrected chi connectivity index (χ3v) is 5.01. The van der Waals surface area contributed by atoms with Gasteiger partial charge in [0, 0.05) is 0 Å². The number of hydrogen-bond donors (Lipinski definition) is 1. The molecule has 4 nitrogen and oxygen atoms in total. The highest BCUT2D eigenvalue weighted by molar-refractivity contribution is 9.10. The molecular formula is C20H17BrN2O2. The predicted octanol–water partition coefficient (Wildman–Crippen LogP) is 4.39. The Balaban J connectivity index is 1.47. The average Bonchev–Trinajstić information content (AvgIpc) is 3.04. The second-order valence-electron chi connectivity index (χ2n) is 5.95. The lowest BCUT2D eigenvalue weighted by molar-refractivity contribution is 0.0931. The van der Waals surface area contributed by atoms with Crippen LogP contribution in [-0.4, -0.2) is 27.4 Å². The van der Waals surface area contributed by atoms with Gasteiger partial charge in [-0.3, -0.25) is 0 Å². The number of hydrogen-bond acceptors (Lipinski definition) is 3. The van der Waals surface area contributed by atoms with Gasteiger partial charge in [-0.15, -0.1) is 0 Å². The van der Waals surface area contributed by atoms with Gasteiger partial charge >= 0.3 is 0 Å². The minimum Gasteiger partial charge on any atom is -0.490 e. The molecule has 0 aliphatic heterocycles. The van der Waals surface area contributed by atoms with E-state index in [9.17, 15) is 5.11 Å². The standard InChI is InChI=1S/C20H17BrN2O2/c21-20-16-6-2-1-5-14(16)9-10-19(20)25-12-15(24)11-23-13-22-17-7-3-4-8-18(17)23/h1-10,13,15,24H,11-12H2/t15-/m1/s1. The lowest BCUT2D eigenvalue weighted by atomic mass is 10.1. The average molecular weight is 397 g/mol. The van der Waals surface area contributed by atoms with E-state index in [-0.39, 0.29) is 6.61 Å². The lowest BCUT2D eigenvalue weighted by Gasteiger charge is -2.15. The van der Waals surface area contributed by atoms with Crippen molar-refractivity contribution in [1.29, 1.82) is 0 Å². The molecule has 4 rings (SSSR count). The van der Waals surface area contributed by atoms with Gasteiger partial charge in [0.2, 0.25) is 0 Å². The highest BCUT2D eigenvalue weighted by Crippen LogP contribution is 2.33. The maximum absolute atomic E-state index is 10.4. The molecule has 5 heteroatoms. The predicted molar refractivity (Wildman–Crippen MR) is 103 cm³/mol. The van der Waals surface area contributed by atoms with Crippen molar-refractivity contribution in [1.82, 2.24) is 9.55 Å². The van der Waals surface area contributed by atoms with Crippen LogP contribution in [0.1, 0.15) is 0 Å². The number of para-hydroxylation sites is 2. The first-order valence-electron chi connectivity index (χ1n) is 8.10. The largest absolute Gasteiger partial charge is 0.490 e. The van der Waals surface area contributed by atoms with Crippen molar-refractivity contribution >= 4 is 37.7 Å². The Bertz CT molecular complexity index is 1030. The number of benzene rings is 3. The monoisotopic (exact) mass is 396 g/mol. The van der Waals surface area contributed by atoms with Crippen molar-refractivity contribution in [2.24, 2.45) is 0 Å². The summed E-state index contributed by atoms with van der Waals surface area (Å²) in [6, 6.07) is 19.9. The van der Waals surface area contributed by atoms with Crippen molar-refractivity contribution < 1.29 is 9.84 Å². The Morgan fingerprint density at radius 3 is 2.76 bits per heavy atom. The van der Waals surface area contributed by atoms with Crippen LogP contribution in [0.25, 0.3) is 21.8 Å². The van der Waals surface area contributed by atoms with Gasteiger partial charge in [-0.05, 0) is 44.9 Å². The van der Waals surface area contributed by atoms with Gasteiger partial charge in [-0.25, -0.2) is 4.98 Å². The minimum atomic E-state index is -0.629. The summed E-state index contributed by atoms with van der Waals surface area (Å²) in [7, 11) is 0. The van der Waals surface area contributed by atoms with Crippen LogP contribution >= 0.6 is 15.9 Å². The molecule has 0 fully saturated rings. The first-order valence-corrected chi connectivity index (χ1v) is 8.89. The Labute approximate surface area is 153 Å². The molecule has 0 unspecified atom stereocenters. The van der Waals surface area contributed by atoms with Crippen LogP contribution in [0.2, 0.25) is 0 Å². The van der Waals surface area contributed by atoms with Gasteiger partial charge in [0.15, 0.2) is 0 Å². The zero-order valence-electron chi connectivity index (χ0n) is 13.5. The van der Waals surface area contributed by atoms with Crippen LogP contribution in [0.15, 0.2) is 71.5 Å². The molecular weight excluding hydrogens is 380 g/mol. The number of imidazole rings is 1. The normalized spacial score (nSPS) is 12.6. The zero-order chi connectivity index (χ0) is 17.2. The molecule has 1 N–H and O–H groups in total. The quantitative estimate of drug-likeness (QED) is 0.543. The van der Waals surface area contributed by atoms with Gasteiger partial charge < -0.3 is 14.4 Å². The van der Waals surface area contributed by atoms with Gasteiger partial charge in [-0.2, -0.15) is 0 Å². The van der Waals surface area contributed by atoms with E-state index in [1.54, 1.807) is 6.33 Å². The molecule has 0 bridgehead atoms. The summed E-state index contributed by atoms with van der Waals surface area (Å²) < 4.78 is 8.69. The lowest BCUT2D eigenvalue weighted by Crippen LogP contribution is -2.23. The second kappa shape index (κ2) is 6.86. The van der Waals surface area contributed by atoms with Gasteiger partial charge in [0.25, 0.3) is 0 Å². The summed E-state index contributed by atoms with van der Waals surface area (Å²) in [6.45, 7) is 0.648. The highest BCUT2D eigenvalue weighted by Gasteiger charge is 2.11. The number of aliphatic hydroxyl groups is 1. The molecule has 0 spiro atoms.